The molecule has 5 aliphatic rings. The van der Waals surface area contributed by atoms with E-state index in [2.05, 4.69) is 17.6 Å². The Balaban J connectivity index is 1.32. The molecule has 1 aliphatic heterocycles. The van der Waals surface area contributed by atoms with Gasteiger partial charge in [0.1, 0.15) is 0 Å². The number of rotatable bonds is 4. The number of hydrogen-bond donors (Lipinski definition) is 2. The third-order valence-electron chi connectivity index (χ3n) is 6.34. The zero-order valence-electron chi connectivity index (χ0n) is 12.8. The molecule has 0 amide bonds. The minimum atomic E-state index is 0.558. The van der Waals surface area contributed by atoms with E-state index in [-0.39, 0.29) is 0 Å². The second kappa shape index (κ2) is 5.58. The van der Waals surface area contributed by atoms with Crippen molar-refractivity contribution in [1.82, 2.24) is 10.6 Å². The van der Waals surface area contributed by atoms with Gasteiger partial charge in [-0.2, -0.15) is 0 Å². The highest BCUT2D eigenvalue weighted by Gasteiger charge is 2.48. The molecule has 4 bridgehead atoms. The number of nitrogens with one attached hydrogen (secondary N) is 2. The first-order valence-corrected chi connectivity index (χ1v) is 8.85. The summed E-state index contributed by atoms with van der Waals surface area (Å²) in [6.45, 7) is 5.18. The van der Waals surface area contributed by atoms with Gasteiger partial charge in [0.05, 0.1) is 13.2 Å². The highest BCUT2D eigenvalue weighted by Crippen LogP contribution is 2.53. The molecule has 2 unspecified atom stereocenters. The largest absolute Gasteiger partial charge is 0.379 e. The Morgan fingerprint density at radius 1 is 1.10 bits per heavy atom. The van der Waals surface area contributed by atoms with Gasteiger partial charge in [0, 0.05) is 24.7 Å². The molecule has 0 aromatic carbocycles. The first-order chi connectivity index (χ1) is 9.78. The third kappa shape index (κ3) is 2.65. The second-order valence-electron chi connectivity index (χ2n) is 7.99. The first-order valence-electron chi connectivity index (χ1n) is 8.85. The van der Waals surface area contributed by atoms with Crippen LogP contribution in [0.15, 0.2) is 0 Å². The molecule has 1 heterocycles. The zero-order chi connectivity index (χ0) is 13.5. The van der Waals surface area contributed by atoms with Gasteiger partial charge in [0.2, 0.25) is 0 Å². The van der Waals surface area contributed by atoms with Gasteiger partial charge in [-0.25, -0.2) is 0 Å². The Hall–Kier alpha value is -0.120. The smallest absolute Gasteiger partial charge is 0.0620 e. The van der Waals surface area contributed by atoms with Crippen LogP contribution in [-0.4, -0.2) is 37.9 Å². The summed E-state index contributed by atoms with van der Waals surface area (Å²) in [5.74, 6) is 4.15. The lowest BCUT2D eigenvalue weighted by Gasteiger charge is -2.55. The third-order valence-corrected chi connectivity index (χ3v) is 6.34. The van der Waals surface area contributed by atoms with Gasteiger partial charge in [-0.05, 0) is 69.1 Å². The van der Waals surface area contributed by atoms with E-state index in [0.717, 1.165) is 49.5 Å². The highest BCUT2D eigenvalue weighted by molar-refractivity contribution is 5.02. The van der Waals surface area contributed by atoms with Crippen molar-refractivity contribution >= 4 is 0 Å². The molecule has 5 fully saturated rings. The van der Waals surface area contributed by atoms with Crippen molar-refractivity contribution in [2.75, 3.05) is 19.8 Å². The van der Waals surface area contributed by atoms with Crippen LogP contribution in [0.5, 0.6) is 0 Å². The van der Waals surface area contributed by atoms with Crippen molar-refractivity contribution in [3.63, 3.8) is 0 Å². The molecule has 3 nitrogen and oxygen atoms in total. The van der Waals surface area contributed by atoms with Crippen molar-refractivity contribution < 1.29 is 4.74 Å². The Labute approximate surface area is 123 Å². The molecule has 1 saturated heterocycles. The van der Waals surface area contributed by atoms with Crippen LogP contribution >= 0.6 is 0 Å². The lowest BCUT2D eigenvalue weighted by molar-refractivity contribution is -0.0186. The standard InChI is InChI=1S/C17H30N2O/c1-11(4-16-10-20-3-2-18-16)19-17-14-6-12-5-13(8-14)9-15(17)7-12/h11-19H,2-10H2,1H3. The minimum absolute atomic E-state index is 0.558. The summed E-state index contributed by atoms with van der Waals surface area (Å²) in [4.78, 5) is 0. The predicted octanol–water partition coefficient (Wildman–Crippen LogP) is 2.17. The molecule has 0 spiro atoms. The molecule has 114 valence electrons. The molecule has 0 radical (unpaired) electrons. The molecule has 4 saturated carbocycles. The molecule has 2 atom stereocenters. The van der Waals surface area contributed by atoms with Gasteiger partial charge in [0.25, 0.3) is 0 Å². The maximum atomic E-state index is 5.58. The second-order valence-corrected chi connectivity index (χ2v) is 7.99. The fourth-order valence-electron chi connectivity index (χ4n) is 5.79. The summed E-state index contributed by atoms with van der Waals surface area (Å²) < 4.78 is 5.58. The van der Waals surface area contributed by atoms with Crippen molar-refractivity contribution in [3.05, 3.63) is 0 Å². The van der Waals surface area contributed by atoms with E-state index in [0.29, 0.717) is 12.1 Å². The van der Waals surface area contributed by atoms with Gasteiger partial charge in [-0.3, -0.25) is 0 Å². The monoisotopic (exact) mass is 278 g/mol. The summed E-state index contributed by atoms with van der Waals surface area (Å²) >= 11 is 0. The zero-order valence-corrected chi connectivity index (χ0v) is 12.8. The SMILES string of the molecule is CC(CC1COCCN1)NC1C2CC3CC(C2)CC1C3. The molecular formula is C17H30N2O. The molecule has 0 aromatic rings. The summed E-state index contributed by atoms with van der Waals surface area (Å²) in [7, 11) is 0. The van der Waals surface area contributed by atoms with Gasteiger partial charge in [-0.15, -0.1) is 0 Å². The highest BCUT2D eigenvalue weighted by atomic mass is 16.5. The predicted molar refractivity (Wildman–Crippen MR) is 80.7 cm³/mol. The topological polar surface area (TPSA) is 33.3 Å². The molecule has 5 rings (SSSR count). The Kier molecular flexibility index (Phi) is 3.78. The van der Waals surface area contributed by atoms with Crippen LogP contribution in [0.3, 0.4) is 0 Å². The van der Waals surface area contributed by atoms with Crippen molar-refractivity contribution in [3.8, 4) is 0 Å². The summed E-state index contributed by atoms with van der Waals surface area (Å²) in [5.41, 5.74) is 0. The fraction of sp³-hybridized carbons (Fsp3) is 1.00. The molecule has 20 heavy (non-hydrogen) atoms. The fourth-order valence-corrected chi connectivity index (χ4v) is 5.79. The van der Waals surface area contributed by atoms with E-state index in [1.807, 2.05) is 0 Å². The van der Waals surface area contributed by atoms with E-state index < -0.39 is 0 Å². The Morgan fingerprint density at radius 3 is 2.40 bits per heavy atom. The van der Waals surface area contributed by atoms with Crippen LogP contribution in [-0.2, 0) is 4.74 Å². The van der Waals surface area contributed by atoms with Crippen LogP contribution in [0.4, 0.5) is 0 Å². The van der Waals surface area contributed by atoms with Gasteiger partial charge in [0.15, 0.2) is 0 Å². The van der Waals surface area contributed by atoms with Crippen LogP contribution < -0.4 is 10.6 Å². The number of hydrogen-bond acceptors (Lipinski definition) is 3. The van der Waals surface area contributed by atoms with E-state index in [1.165, 1.54) is 32.1 Å². The summed E-state index contributed by atoms with van der Waals surface area (Å²) in [5, 5.41) is 7.60. The quantitative estimate of drug-likeness (QED) is 0.827. The van der Waals surface area contributed by atoms with Crippen LogP contribution in [0.25, 0.3) is 0 Å². The van der Waals surface area contributed by atoms with E-state index >= 15 is 0 Å². The molecule has 2 N–H and O–H groups in total. The Bertz CT molecular complexity index is 312. The first kappa shape index (κ1) is 13.5. The van der Waals surface area contributed by atoms with Gasteiger partial charge < -0.3 is 15.4 Å². The summed E-state index contributed by atoms with van der Waals surface area (Å²) in [6.07, 6.45) is 8.83. The maximum absolute atomic E-state index is 5.58. The molecular weight excluding hydrogens is 248 g/mol. The lowest BCUT2D eigenvalue weighted by atomic mass is 9.54. The number of ether oxygens (including phenoxy) is 1. The molecule has 3 heteroatoms. The van der Waals surface area contributed by atoms with Crippen molar-refractivity contribution in [2.45, 2.75) is 63.6 Å². The molecule has 4 aliphatic carbocycles. The maximum Gasteiger partial charge on any atom is 0.0620 e. The molecule has 0 aromatic heterocycles. The van der Waals surface area contributed by atoms with Gasteiger partial charge >= 0.3 is 0 Å². The van der Waals surface area contributed by atoms with E-state index in [1.54, 1.807) is 6.42 Å². The van der Waals surface area contributed by atoms with Crippen LogP contribution in [0.1, 0.15) is 45.4 Å². The van der Waals surface area contributed by atoms with Crippen LogP contribution in [0, 0.1) is 23.7 Å². The van der Waals surface area contributed by atoms with Crippen molar-refractivity contribution in [1.29, 1.82) is 0 Å². The minimum Gasteiger partial charge on any atom is -0.379 e. The number of morpholine rings is 1. The van der Waals surface area contributed by atoms with Crippen LogP contribution in [0.2, 0.25) is 0 Å². The normalized spacial score (nSPS) is 48.5. The van der Waals surface area contributed by atoms with E-state index in [9.17, 15) is 0 Å². The average molecular weight is 278 g/mol. The van der Waals surface area contributed by atoms with E-state index in [4.69, 9.17) is 4.74 Å². The average Bonchev–Trinajstić information content (AvgIpc) is 2.43. The summed E-state index contributed by atoms with van der Waals surface area (Å²) in [6, 6.07) is 2.00. The van der Waals surface area contributed by atoms with Crippen molar-refractivity contribution in [2.24, 2.45) is 23.7 Å². The van der Waals surface area contributed by atoms with Gasteiger partial charge in [-0.1, -0.05) is 0 Å². The lowest BCUT2D eigenvalue weighted by Crippen LogP contribution is -2.57. The Morgan fingerprint density at radius 2 is 1.80 bits per heavy atom.